The van der Waals surface area contributed by atoms with Gasteiger partial charge in [0.1, 0.15) is 0 Å². The highest BCUT2D eigenvalue weighted by Gasteiger charge is 2.18. The number of carboxylic acids is 1. The van der Waals surface area contributed by atoms with Crippen molar-refractivity contribution in [3.8, 4) is 0 Å². The van der Waals surface area contributed by atoms with Crippen LogP contribution in [-0.2, 0) is 9.59 Å². The van der Waals surface area contributed by atoms with Gasteiger partial charge in [-0.1, -0.05) is 6.92 Å². The maximum atomic E-state index is 11.9. The van der Waals surface area contributed by atoms with E-state index in [4.69, 9.17) is 5.11 Å². The molecule has 7 nitrogen and oxygen atoms in total. The van der Waals surface area contributed by atoms with Gasteiger partial charge in [0.25, 0.3) is 0 Å². The highest BCUT2D eigenvalue weighted by Crippen LogP contribution is 2.09. The van der Waals surface area contributed by atoms with Crippen LogP contribution in [-0.4, -0.2) is 66.0 Å². The zero-order valence-electron chi connectivity index (χ0n) is 12.8. The third kappa shape index (κ3) is 6.01. The van der Waals surface area contributed by atoms with E-state index in [1.807, 2.05) is 4.90 Å². The van der Waals surface area contributed by atoms with Gasteiger partial charge in [0.2, 0.25) is 5.91 Å². The summed E-state index contributed by atoms with van der Waals surface area (Å²) < 4.78 is 0. The number of amides is 3. The van der Waals surface area contributed by atoms with E-state index in [2.05, 4.69) is 5.32 Å². The first-order valence-corrected chi connectivity index (χ1v) is 7.41. The van der Waals surface area contributed by atoms with Crippen molar-refractivity contribution in [3.05, 3.63) is 0 Å². The first-order valence-electron chi connectivity index (χ1n) is 7.41. The molecule has 0 aromatic rings. The Morgan fingerprint density at radius 1 is 1.24 bits per heavy atom. The van der Waals surface area contributed by atoms with Crippen LogP contribution in [0.1, 0.15) is 32.6 Å². The molecule has 3 amide bonds. The number of likely N-dealkylation sites (tertiary alicyclic amines) is 1. The minimum Gasteiger partial charge on any atom is -0.481 e. The highest BCUT2D eigenvalue weighted by atomic mass is 16.4. The van der Waals surface area contributed by atoms with Crippen LogP contribution in [0, 0.1) is 5.92 Å². The van der Waals surface area contributed by atoms with Crippen LogP contribution in [0.4, 0.5) is 4.79 Å². The predicted octanol–water partition coefficient (Wildman–Crippen LogP) is 0.751. The molecule has 0 saturated carbocycles. The van der Waals surface area contributed by atoms with Gasteiger partial charge >= 0.3 is 12.0 Å². The number of carbonyl (C=O) groups is 3. The van der Waals surface area contributed by atoms with Crippen LogP contribution >= 0.6 is 0 Å². The minimum atomic E-state index is -0.935. The predicted molar refractivity (Wildman–Crippen MR) is 77.9 cm³/mol. The lowest BCUT2D eigenvalue weighted by atomic mass is 10.1. The minimum absolute atomic E-state index is 0.0663. The second-order valence-electron chi connectivity index (χ2n) is 5.54. The Balaban J connectivity index is 2.23. The summed E-state index contributed by atoms with van der Waals surface area (Å²) in [6.45, 7) is 3.58. The third-order valence-electron chi connectivity index (χ3n) is 3.64. The van der Waals surface area contributed by atoms with E-state index in [1.54, 1.807) is 14.0 Å². The number of nitrogens with one attached hydrogen (secondary N) is 1. The summed E-state index contributed by atoms with van der Waals surface area (Å²) in [5.41, 5.74) is 0. The van der Waals surface area contributed by atoms with Crippen molar-refractivity contribution in [2.45, 2.75) is 32.6 Å². The maximum Gasteiger partial charge on any atom is 0.317 e. The first-order chi connectivity index (χ1) is 9.91. The van der Waals surface area contributed by atoms with Gasteiger partial charge in [-0.05, 0) is 19.3 Å². The molecule has 1 aliphatic rings. The van der Waals surface area contributed by atoms with Crippen molar-refractivity contribution in [2.75, 3.05) is 33.2 Å². The molecule has 0 bridgehead atoms. The highest BCUT2D eigenvalue weighted by molar-refractivity contribution is 5.78. The fourth-order valence-corrected chi connectivity index (χ4v) is 2.28. The average Bonchev–Trinajstić information content (AvgIpc) is 2.47. The number of carbonyl (C=O) groups excluding carboxylic acids is 2. The maximum absolute atomic E-state index is 11.9. The second-order valence-corrected chi connectivity index (χ2v) is 5.54. The van der Waals surface area contributed by atoms with Crippen molar-refractivity contribution >= 4 is 17.9 Å². The number of piperidine rings is 1. The number of nitrogens with zero attached hydrogens (tertiary/aromatic N) is 2. The molecule has 0 radical (unpaired) electrons. The van der Waals surface area contributed by atoms with Crippen molar-refractivity contribution in [1.82, 2.24) is 15.1 Å². The monoisotopic (exact) mass is 299 g/mol. The van der Waals surface area contributed by atoms with E-state index >= 15 is 0 Å². The van der Waals surface area contributed by atoms with Crippen molar-refractivity contribution in [2.24, 2.45) is 5.92 Å². The number of carboxylic acid groups (broad SMARTS) is 1. The molecule has 1 atom stereocenters. The number of hydrogen-bond acceptors (Lipinski definition) is 3. The lowest BCUT2D eigenvalue weighted by Crippen LogP contribution is -2.42. The smallest absolute Gasteiger partial charge is 0.317 e. The fraction of sp³-hybridized carbons (Fsp3) is 0.786. The Morgan fingerprint density at radius 2 is 1.86 bits per heavy atom. The summed E-state index contributed by atoms with van der Waals surface area (Å²) in [5, 5.41) is 11.4. The van der Waals surface area contributed by atoms with Crippen LogP contribution in [0.5, 0.6) is 0 Å². The molecule has 0 spiro atoms. The quantitative estimate of drug-likeness (QED) is 0.757. The molecule has 0 aromatic carbocycles. The number of aliphatic carboxylic acids is 1. The molecule has 1 saturated heterocycles. The topological polar surface area (TPSA) is 90.0 Å². The molecule has 2 N–H and O–H groups in total. The summed E-state index contributed by atoms with van der Waals surface area (Å²) in [6.07, 6.45) is 3.56. The van der Waals surface area contributed by atoms with E-state index in [-0.39, 0.29) is 31.4 Å². The molecule has 120 valence electrons. The summed E-state index contributed by atoms with van der Waals surface area (Å²) >= 11 is 0. The summed E-state index contributed by atoms with van der Waals surface area (Å²) in [5.74, 6) is -1.48. The first kappa shape index (κ1) is 17.3. The van der Waals surface area contributed by atoms with E-state index in [0.717, 1.165) is 25.9 Å². The molecule has 1 heterocycles. The van der Waals surface area contributed by atoms with E-state index < -0.39 is 11.9 Å². The molecular formula is C14H25N3O4. The normalized spacial score (nSPS) is 16.2. The van der Waals surface area contributed by atoms with Crippen molar-refractivity contribution in [1.29, 1.82) is 0 Å². The largest absolute Gasteiger partial charge is 0.481 e. The number of urea groups is 1. The van der Waals surface area contributed by atoms with Gasteiger partial charge in [0.15, 0.2) is 0 Å². The number of rotatable bonds is 6. The average molecular weight is 299 g/mol. The van der Waals surface area contributed by atoms with Gasteiger partial charge in [-0.2, -0.15) is 0 Å². The molecule has 1 unspecified atom stereocenters. The van der Waals surface area contributed by atoms with E-state index in [9.17, 15) is 14.4 Å². The van der Waals surface area contributed by atoms with Crippen molar-refractivity contribution in [3.63, 3.8) is 0 Å². The second kappa shape index (κ2) is 8.49. The van der Waals surface area contributed by atoms with Crippen LogP contribution in [0.15, 0.2) is 0 Å². The molecule has 7 heteroatoms. The lowest BCUT2D eigenvalue weighted by molar-refractivity contribution is -0.141. The van der Waals surface area contributed by atoms with Crippen LogP contribution in [0.3, 0.4) is 0 Å². The zero-order chi connectivity index (χ0) is 15.8. The molecular weight excluding hydrogens is 274 g/mol. The van der Waals surface area contributed by atoms with Gasteiger partial charge < -0.3 is 20.2 Å². The third-order valence-corrected chi connectivity index (χ3v) is 3.64. The van der Waals surface area contributed by atoms with Crippen LogP contribution in [0.2, 0.25) is 0 Å². The van der Waals surface area contributed by atoms with Gasteiger partial charge in [-0.3, -0.25) is 9.59 Å². The van der Waals surface area contributed by atoms with Gasteiger partial charge in [0.05, 0.1) is 5.92 Å². The Morgan fingerprint density at radius 3 is 2.43 bits per heavy atom. The SMILES string of the molecule is CC(CN(C)C(=O)NCCC(=O)N1CCCCC1)C(=O)O. The van der Waals surface area contributed by atoms with E-state index in [0.29, 0.717) is 0 Å². The van der Waals surface area contributed by atoms with Crippen molar-refractivity contribution < 1.29 is 19.5 Å². The Hall–Kier alpha value is -1.79. The lowest BCUT2D eigenvalue weighted by Gasteiger charge is -2.27. The molecule has 1 fully saturated rings. The van der Waals surface area contributed by atoms with Crippen LogP contribution < -0.4 is 5.32 Å². The van der Waals surface area contributed by atoms with Gasteiger partial charge in [0, 0.05) is 39.6 Å². The zero-order valence-corrected chi connectivity index (χ0v) is 12.8. The summed E-state index contributed by atoms with van der Waals surface area (Å²) in [7, 11) is 1.54. The molecule has 1 aliphatic heterocycles. The molecule has 0 aliphatic carbocycles. The molecule has 0 aromatic heterocycles. The van der Waals surface area contributed by atoms with E-state index in [1.165, 1.54) is 11.3 Å². The standard InChI is InChI=1S/C14H25N3O4/c1-11(13(19)20)10-16(2)14(21)15-7-6-12(18)17-8-4-3-5-9-17/h11H,3-10H2,1-2H3,(H,15,21)(H,19,20). The fourth-order valence-electron chi connectivity index (χ4n) is 2.28. The van der Waals surface area contributed by atoms with Crippen LogP contribution in [0.25, 0.3) is 0 Å². The summed E-state index contributed by atoms with van der Waals surface area (Å²) in [4.78, 5) is 37.5. The molecule has 21 heavy (non-hydrogen) atoms. The van der Waals surface area contributed by atoms with Gasteiger partial charge in [-0.15, -0.1) is 0 Å². The molecule has 1 rings (SSSR count). The Labute approximate surface area is 125 Å². The van der Waals surface area contributed by atoms with Gasteiger partial charge in [-0.25, -0.2) is 4.79 Å². The number of hydrogen-bond donors (Lipinski definition) is 2. The Bertz CT molecular complexity index is 380. The Kier molecular flexibility index (Phi) is 6.98. The summed E-state index contributed by atoms with van der Waals surface area (Å²) in [6, 6.07) is -0.352.